The molecule has 156 valence electrons. The third-order valence-electron chi connectivity index (χ3n) is 4.42. The first-order valence-corrected chi connectivity index (χ1v) is 10.1. The fourth-order valence-electron chi connectivity index (χ4n) is 2.91. The van der Waals surface area contributed by atoms with E-state index in [1.54, 1.807) is 30.3 Å². The number of aromatic nitrogens is 2. The van der Waals surface area contributed by atoms with E-state index in [2.05, 4.69) is 15.5 Å². The van der Waals surface area contributed by atoms with Crippen LogP contribution in [0.1, 0.15) is 36.5 Å². The zero-order chi connectivity index (χ0) is 21.7. The second-order valence-electron chi connectivity index (χ2n) is 7.04. The highest BCUT2D eigenvalue weighted by Gasteiger charge is 2.13. The van der Waals surface area contributed by atoms with Crippen molar-refractivity contribution in [1.29, 1.82) is 0 Å². The Kier molecular flexibility index (Phi) is 7.13. The van der Waals surface area contributed by atoms with Gasteiger partial charge in [0.2, 0.25) is 0 Å². The van der Waals surface area contributed by atoms with Gasteiger partial charge in [0.15, 0.2) is 12.4 Å². The van der Waals surface area contributed by atoms with E-state index in [1.807, 2.05) is 26.0 Å². The van der Waals surface area contributed by atoms with Gasteiger partial charge in [0.1, 0.15) is 11.5 Å². The molecule has 1 heterocycles. The first-order chi connectivity index (χ1) is 14.3. The lowest BCUT2D eigenvalue weighted by molar-refractivity contribution is -0.118. The molecule has 0 spiro atoms. The van der Waals surface area contributed by atoms with Crippen molar-refractivity contribution in [2.75, 3.05) is 11.9 Å². The van der Waals surface area contributed by atoms with Crippen molar-refractivity contribution >= 4 is 34.9 Å². The van der Waals surface area contributed by atoms with Crippen LogP contribution < -0.4 is 10.1 Å². The number of anilines is 1. The summed E-state index contributed by atoms with van der Waals surface area (Å²) in [6, 6.07) is 12.0. The molecule has 0 atom stereocenters. The summed E-state index contributed by atoms with van der Waals surface area (Å²) in [7, 11) is 0. The highest BCUT2D eigenvalue weighted by molar-refractivity contribution is 6.36. The minimum Gasteiger partial charge on any atom is -0.508 e. The number of carbonyl (C=O) groups is 1. The van der Waals surface area contributed by atoms with Crippen molar-refractivity contribution in [2.45, 2.75) is 26.2 Å². The van der Waals surface area contributed by atoms with Crippen LogP contribution in [0.15, 0.2) is 48.7 Å². The molecule has 0 radical (unpaired) electrons. The largest absolute Gasteiger partial charge is 0.508 e. The number of benzene rings is 2. The quantitative estimate of drug-likeness (QED) is 0.520. The Bertz CT molecular complexity index is 1020. The third-order valence-corrected chi connectivity index (χ3v) is 5.09. The molecule has 0 unspecified atom stereocenters. The summed E-state index contributed by atoms with van der Waals surface area (Å²) in [5.74, 6) is 0.815. The lowest BCUT2D eigenvalue weighted by atomic mass is 9.96. The summed E-state index contributed by atoms with van der Waals surface area (Å²) in [5.41, 5.74) is 2.60. The fourth-order valence-corrected chi connectivity index (χ4v) is 3.51. The molecule has 3 aromatic rings. The number of phenols is 1. The van der Waals surface area contributed by atoms with Crippen LogP contribution in [-0.4, -0.2) is 27.8 Å². The van der Waals surface area contributed by atoms with E-state index in [9.17, 15) is 9.90 Å². The summed E-state index contributed by atoms with van der Waals surface area (Å²) in [4.78, 5) is 12.0. The van der Waals surface area contributed by atoms with Gasteiger partial charge in [-0.05, 0) is 52.9 Å². The van der Waals surface area contributed by atoms with Gasteiger partial charge in [-0.2, -0.15) is 5.10 Å². The Labute approximate surface area is 184 Å². The molecular formula is C22H21Cl2N3O3. The molecule has 30 heavy (non-hydrogen) atoms. The number of rotatable bonds is 7. The molecular weight excluding hydrogens is 425 g/mol. The van der Waals surface area contributed by atoms with Crippen molar-refractivity contribution in [2.24, 2.45) is 0 Å². The van der Waals surface area contributed by atoms with E-state index < -0.39 is 0 Å². The van der Waals surface area contributed by atoms with Gasteiger partial charge in [-0.15, -0.1) is 5.10 Å². The Morgan fingerprint density at radius 1 is 1.17 bits per heavy atom. The van der Waals surface area contributed by atoms with Crippen LogP contribution in [0.2, 0.25) is 10.0 Å². The molecule has 6 nitrogen and oxygen atoms in total. The number of halogens is 2. The predicted molar refractivity (Wildman–Crippen MR) is 118 cm³/mol. The zero-order valence-electron chi connectivity index (χ0n) is 16.5. The van der Waals surface area contributed by atoms with E-state index in [4.69, 9.17) is 27.9 Å². The Balaban J connectivity index is 1.68. The normalized spacial score (nSPS) is 10.8. The van der Waals surface area contributed by atoms with E-state index in [0.29, 0.717) is 28.0 Å². The zero-order valence-corrected chi connectivity index (χ0v) is 18.0. The molecule has 8 heteroatoms. The fraction of sp³-hybridized carbons (Fsp3) is 0.227. The van der Waals surface area contributed by atoms with Gasteiger partial charge in [0.25, 0.3) is 5.91 Å². The number of hydrogen-bond donors (Lipinski definition) is 2. The summed E-state index contributed by atoms with van der Waals surface area (Å²) < 4.78 is 5.51. The Hall–Kier alpha value is -2.83. The molecule has 0 aliphatic carbocycles. The maximum atomic E-state index is 12.0. The average Bonchev–Trinajstić information content (AvgIpc) is 2.71. The summed E-state index contributed by atoms with van der Waals surface area (Å²) in [5, 5.41) is 20.9. The first kappa shape index (κ1) is 21.9. The highest BCUT2D eigenvalue weighted by atomic mass is 35.5. The lowest BCUT2D eigenvalue weighted by Gasteiger charge is -2.14. The minimum atomic E-state index is -0.378. The average molecular weight is 446 g/mol. The van der Waals surface area contributed by atoms with Gasteiger partial charge in [-0.1, -0.05) is 49.2 Å². The van der Waals surface area contributed by atoms with Crippen LogP contribution in [-0.2, 0) is 11.2 Å². The second kappa shape index (κ2) is 9.78. The number of carbonyl (C=O) groups excluding carboxylic acids is 1. The van der Waals surface area contributed by atoms with Gasteiger partial charge in [0, 0.05) is 22.7 Å². The number of phenolic OH excluding ortho intramolecular Hbond substituents is 1. The van der Waals surface area contributed by atoms with E-state index in [-0.39, 0.29) is 24.2 Å². The summed E-state index contributed by atoms with van der Waals surface area (Å²) in [6.07, 6.45) is 2.02. The van der Waals surface area contributed by atoms with Crippen LogP contribution in [0, 0.1) is 0 Å². The maximum absolute atomic E-state index is 12.0. The van der Waals surface area contributed by atoms with Gasteiger partial charge in [-0.25, -0.2) is 0 Å². The maximum Gasteiger partial charge on any atom is 0.263 e. The molecule has 0 bridgehead atoms. The second-order valence-corrected chi connectivity index (χ2v) is 7.85. The summed E-state index contributed by atoms with van der Waals surface area (Å²) >= 11 is 12.9. The lowest BCUT2D eigenvalue weighted by Crippen LogP contribution is -2.20. The highest BCUT2D eigenvalue weighted by Crippen LogP contribution is 2.34. The van der Waals surface area contributed by atoms with Crippen LogP contribution in [0.3, 0.4) is 0 Å². The van der Waals surface area contributed by atoms with Crippen molar-refractivity contribution in [3.63, 3.8) is 0 Å². The van der Waals surface area contributed by atoms with Crippen LogP contribution in [0.5, 0.6) is 11.5 Å². The van der Waals surface area contributed by atoms with E-state index >= 15 is 0 Å². The molecule has 2 N–H and O–H groups in total. The van der Waals surface area contributed by atoms with Crippen molar-refractivity contribution < 1.29 is 14.6 Å². The minimum absolute atomic E-state index is 0.194. The van der Waals surface area contributed by atoms with Gasteiger partial charge in [0.05, 0.1) is 0 Å². The van der Waals surface area contributed by atoms with Crippen molar-refractivity contribution in [3.8, 4) is 11.5 Å². The molecule has 0 aliphatic heterocycles. The van der Waals surface area contributed by atoms with Crippen LogP contribution in [0.4, 0.5) is 5.82 Å². The number of nitrogens with one attached hydrogen (secondary N) is 1. The molecule has 0 fully saturated rings. The van der Waals surface area contributed by atoms with Crippen molar-refractivity contribution in [3.05, 3.63) is 75.4 Å². The SMILES string of the molecule is CC(C)c1cc(Cc2c(Cl)cc(OCC(=O)Nc3cccnn3)cc2Cl)ccc1O. The molecule has 0 saturated carbocycles. The number of ether oxygens (including phenoxy) is 1. The first-order valence-electron chi connectivity index (χ1n) is 9.33. The number of hydrogen-bond acceptors (Lipinski definition) is 5. The molecule has 1 amide bonds. The smallest absolute Gasteiger partial charge is 0.263 e. The number of aromatic hydroxyl groups is 1. The van der Waals surface area contributed by atoms with Gasteiger partial charge < -0.3 is 15.2 Å². The Morgan fingerprint density at radius 3 is 2.53 bits per heavy atom. The Morgan fingerprint density at radius 2 is 1.90 bits per heavy atom. The van der Waals surface area contributed by atoms with Gasteiger partial charge in [-0.3, -0.25) is 4.79 Å². The monoisotopic (exact) mass is 445 g/mol. The predicted octanol–water partition coefficient (Wildman–Crippen LogP) is 5.22. The molecule has 1 aromatic heterocycles. The number of nitrogens with zero attached hydrogens (tertiary/aromatic N) is 2. The topological polar surface area (TPSA) is 84.3 Å². The number of amides is 1. The van der Waals surface area contributed by atoms with Crippen LogP contribution >= 0.6 is 23.2 Å². The van der Waals surface area contributed by atoms with Gasteiger partial charge >= 0.3 is 0 Å². The van der Waals surface area contributed by atoms with E-state index in [0.717, 1.165) is 16.7 Å². The van der Waals surface area contributed by atoms with Crippen LogP contribution in [0.25, 0.3) is 0 Å². The molecule has 0 saturated heterocycles. The molecule has 3 rings (SSSR count). The third kappa shape index (κ3) is 5.62. The van der Waals surface area contributed by atoms with E-state index in [1.165, 1.54) is 6.20 Å². The standard InChI is InChI=1S/C22H21Cl2N3O3/c1-13(2)16-8-14(5-6-20(16)28)9-17-18(23)10-15(11-19(17)24)30-12-22(29)26-21-4-3-7-25-27-21/h3-8,10-11,13,28H,9,12H2,1-2H3,(H,26,27,29). The molecule has 2 aromatic carbocycles. The summed E-state index contributed by atoms with van der Waals surface area (Å²) in [6.45, 7) is 3.81. The van der Waals surface area contributed by atoms with Crippen molar-refractivity contribution in [1.82, 2.24) is 10.2 Å². The molecule has 0 aliphatic rings.